The highest BCUT2D eigenvalue weighted by Gasteiger charge is 2.20. The van der Waals surface area contributed by atoms with Gasteiger partial charge in [0, 0.05) is 17.7 Å². The molecule has 3 aromatic rings. The number of nitrogens with one attached hydrogen (secondary N) is 1. The summed E-state index contributed by atoms with van der Waals surface area (Å²) in [4.78, 5) is 22.3. The van der Waals surface area contributed by atoms with Gasteiger partial charge >= 0.3 is 0 Å². The Morgan fingerprint density at radius 2 is 2.26 bits per heavy atom. The highest BCUT2D eigenvalue weighted by Crippen LogP contribution is 2.21. The van der Waals surface area contributed by atoms with Crippen LogP contribution in [-0.4, -0.2) is 47.5 Å². The van der Waals surface area contributed by atoms with Gasteiger partial charge in [0.25, 0.3) is 11.6 Å². The average molecular weight is 373 g/mol. The Hall–Kier alpha value is -4.36. The lowest BCUT2D eigenvalue weighted by molar-refractivity contribution is -0.384. The lowest BCUT2D eigenvalue weighted by Crippen LogP contribution is -2.19. The van der Waals surface area contributed by atoms with Gasteiger partial charge in [-0.25, -0.2) is 10.1 Å². The van der Waals surface area contributed by atoms with E-state index in [9.17, 15) is 20.0 Å². The van der Waals surface area contributed by atoms with Crippen molar-refractivity contribution in [3.05, 3.63) is 45.3 Å². The van der Waals surface area contributed by atoms with Crippen LogP contribution < -0.4 is 11.2 Å². The van der Waals surface area contributed by atoms with Gasteiger partial charge in [-0.05, 0) is 23.3 Å². The molecule has 0 aliphatic heterocycles. The van der Waals surface area contributed by atoms with E-state index in [1.54, 1.807) is 6.92 Å². The van der Waals surface area contributed by atoms with Crippen molar-refractivity contribution in [2.24, 2.45) is 5.10 Å². The maximum Gasteiger partial charge on any atom is 0.293 e. The molecule has 0 radical (unpaired) electrons. The number of amides is 1. The van der Waals surface area contributed by atoms with Crippen molar-refractivity contribution < 1.29 is 19.5 Å². The normalized spacial score (nSPS) is 11.0. The molecule has 3 rings (SSSR count). The molecule has 0 saturated carbocycles. The van der Waals surface area contributed by atoms with Crippen LogP contribution in [0, 0.1) is 17.0 Å². The smallest absolute Gasteiger partial charge is 0.293 e. The van der Waals surface area contributed by atoms with Crippen molar-refractivity contribution in [3.8, 4) is 11.6 Å². The molecule has 27 heavy (non-hydrogen) atoms. The van der Waals surface area contributed by atoms with Crippen LogP contribution in [0.15, 0.2) is 27.9 Å². The summed E-state index contributed by atoms with van der Waals surface area (Å²) in [6.45, 7) is 1.54. The number of anilines is 1. The molecule has 138 valence electrons. The van der Waals surface area contributed by atoms with Crippen LogP contribution in [0.4, 0.5) is 11.5 Å². The van der Waals surface area contributed by atoms with Crippen LogP contribution in [0.5, 0.6) is 5.75 Å². The van der Waals surface area contributed by atoms with Crippen LogP contribution in [-0.2, 0) is 0 Å². The number of carbonyl (C=O) groups is 1. The standard InChI is InChI=1S/C13H11N9O5/c1-6-10(16-20-21(6)12-11(14)18-27-19-12)13(24)17-15-5-7-4-8(22(25)26)2-3-9(7)23/h2-5,23H,1H3,(H2,14,18)(H,17,24)/b15-5-. The van der Waals surface area contributed by atoms with Gasteiger partial charge in [-0.1, -0.05) is 5.21 Å². The molecule has 0 spiro atoms. The third kappa shape index (κ3) is 3.39. The summed E-state index contributed by atoms with van der Waals surface area (Å²) in [6.07, 6.45) is 1.06. The molecular weight excluding hydrogens is 362 g/mol. The summed E-state index contributed by atoms with van der Waals surface area (Å²) in [5, 5.41) is 38.5. The maximum atomic E-state index is 12.2. The van der Waals surface area contributed by atoms with Crippen LogP contribution in [0.25, 0.3) is 5.82 Å². The van der Waals surface area contributed by atoms with E-state index in [1.165, 1.54) is 0 Å². The van der Waals surface area contributed by atoms with Crippen LogP contribution in [0.2, 0.25) is 0 Å². The minimum atomic E-state index is -0.713. The molecule has 0 bridgehead atoms. The zero-order valence-electron chi connectivity index (χ0n) is 13.6. The SMILES string of the molecule is Cc1c(C(=O)N/N=C\c2cc([N+](=O)[O-])ccc2O)nnn1-c1nonc1N. The fourth-order valence-corrected chi connectivity index (χ4v) is 2.05. The molecule has 2 heterocycles. The topological polar surface area (TPSA) is 200 Å². The van der Waals surface area contributed by atoms with E-state index in [-0.39, 0.29) is 34.3 Å². The molecule has 14 nitrogen and oxygen atoms in total. The summed E-state index contributed by atoms with van der Waals surface area (Å²) in [5.74, 6) is -0.914. The number of nitrogen functional groups attached to an aromatic ring is 1. The molecule has 0 saturated heterocycles. The van der Waals surface area contributed by atoms with E-state index < -0.39 is 10.8 Å². The monoisotopic (exact) mass is 373 g/mol. The molecule has 2 aromatic heterocycles. The number of nitro benzene ring substituents is 1. The lowest BCUT2D eigenvalue weighted by atomic mass is 10.2. The molecule has 0 aliphatic rings. The Kier molecular flexibility index (Phi) is 4.44. The van der Waals surface area contributed by atoms with Crippen LogP contribution in [0.1, 0.15) is 21.7 Å². The second-order valence-corrected chi connectivity index (χ2v) is 5.11. The molecule has 0 atom stereocenters. The second-order valence-electron chi connectivity index (χ2n) is 5.11. The number of carbonyl (C=O) groups excluding carboxylic acids is 1. The zero-order chi connectivity index (χ0) is 19.6. The number of benzene rings is 1. The quantitative estimate of drug-likeness (QED) is 0.308. The number of rotatable bonds is 5. The molecule has 0 aliphatic carbocycles. The third-order valence-electron chi connectivity index (χ3n) is 3.40. The highest BCUT2D eigenvalue weighted by molar-refractivity contribution is 5.94. The summed E-state index contributed by atoms with van der Waals surface area (Å²) in [6, 6.07) is 3.39. The average Bonchev–Trinajstić information content (AvgIpc) is 3.21. The lowest BCUT2D eigenvalue weighted by Gasteiger charge is -2.00. The number of phenols is 1. The van der Waals surface area contributed by atoms with E-state index in [4.69, 9.17) is 5.73 Å². The van der Waals surface area contributed by atoms with Crippen molar-refractivity contribution >= 4 is 23.6 Å². The van der Waals surface area contributed by atoms with E-state index >= 15 is 0 Å². The molecule has 1 amide bonds. The molecule has 1 aromatic carbocycles. The number of non-ortho nitro benzene ring substituents is 1. The number of nitrogens with two attached hydrogens (primary N) is 1. The van der Waals surface area contributed by atoms with Gasteiger partial charge in [-0.15, -0.1) is 5.10 Å². The first kappa shape index (κ1) is 17.5. The number of hydrogen-bond donors (Lipinski definition) is 3. The minimum absolute atomic E-state index is 0.0332. The summed E-state index contributed by atoms with van der Waals surface area (Å²) in [5.41, 5.74) is 7.78. The van der Waals surface area contributed by atoms with E-state index in [2.05, 4.69) is 35.8 Å². The molecule has 0 fully saturated rings. The molecule has 0 unspecified atom stereocenters. The maximum absolute atomic E-state index is 12.2. The van der Waals surface area contributed by atoms with Gasteiger partial charge in [-0.3, -0.25) is 14.9 Å². The van der Waals surface area contributed by atoms with Crippen LogP contribution in [0.3, 0.4) is 0 Å². The van der Waals surface area contributed by atoms with Crippen molar-refractivity contribution in [2.45, 2.75) is 6.92 Å². The van der Waals surface area contributed by atoms with E-state index in [1.807, 2.05) is 0 Å². The predicted molar refractivity (Wildman–Crippen MR) is 88.2 cm³/mol. The van der Waals surface area contributed by atoms with Gasteiger partial charge in [0.2, 0.25) is 11.6 Å². The number of nitrogens with zero attached hydrogens (tertiary/aromatic N) is 7. The zero-order valence-corrected chi connectivity index (χ0v) is 13.6. The second kappa shape index (κ2) is 6.87. The molecule has 4 N–H and O–H groups in total. The minimum Gasteiger partial charge on any atom is -0.507 e. The largest absolute Gasteiger partial charge is 0.507 e. The van der Waals surface area contributed by atoms with Gasteiger partial charge in [0.05, 0.1) is 16.8 Å². The van der Waals surface area contributed by atoms with Gasteiger partial charge in [0.1, 0.15) is 5.75 Å². The Balaban J connectivity index is 1.76. The third-order valence-corrected chi connectivity index (χ3v) is 3.40. The van der Waals surface area contributed by atoms with E-state index in [0.29, 0.717) is 5.69 Å². The van der Waals surface area contributed by atoms with Crippen molar-refractivity contribution in [3.63, 3.8) is 0 Å². The molecular formula is C13H11N9O5. The fourth-order valence-electron chi connectivity index (χ4n) is 2.05. The predicted octanol–water partition coefficient (Wildman–Crippen LogP) is -0.0814. The first-order chi connectivity index (χ1) is 12.9. The van der Waals surface area contributed by atoms with Crippen LogP contribution >= 0.6 is 0 Å². The van der Waals surface area contributed by atoms with Gasteiger partial charge in [0.15, 0.2) is 5.69 Å². The Bertz CT molecular complexity index is 1050. The van der Waals surface area contributed by atoms with E-state index in [0.717, 1.165) is 29.1 Å². The van der Waals surface area contributed by atoms with Crippen molar-refractivity contribution in [1.29, 1.82) is 0 Å². The van der Waals surface area contributed by atoms with Crippen molar-refractivity contribution in [1.82, 2.24) is 30.7 Å². The first-order valence-corrected chi connectivity index (χ1v) is 7.20. The number of nitro groups is 1. The summed E-state index contributed by atoms with van der Waals surface area (Å²) >= 11 is 0. The Morgan fingerprint density at radius 3 is 2.93 bits per heavy atom. The van der Waals surface area contributed by atoms with Gasteiger partial charge in [-0.2, -0.15) is 9.78 Å². The summed E-state index contributed by atoms with van der Waals surface area (Å²) < 4.78 is 5.63. The summed E-state index contributed by atoms with van der Waals surface area (Å²) in [7, 11) is 0. The highest BCUT2D eigenvalue weighted by atomic mass is 16.6. The number of aromatic hydroxyl groups is 1. The number of aromatic nitrogens is 5. The van der Waals surface area contributed by atoms with Crippen molar-refractivity contribution in [2.75, 3.05) is 5.73 Å². The number of hydrazone groups is 1. The van der Waals surface area contributed by atoms with Gasteiger partial charge < -0.3 is 10.8 Å². The number of hydrogen-bond acceptors (Lipinski definition) is 11. The number of phenolic OH excluding ortho intramolecular Hbond substituents is 1. The Morgan fingerprint density at radius 1 is 1.48 bits per heavy atom. The first-order valence-electron chi connectivity index (χ1n) is 7.20. The fraction of sp³-hybridized carbons (Fsp3) is 0.0769. The Labute approximate surface area is 149 Å². The molecule has 14 heteroatoms.